The van der Waals surface area contributed by atoms with Crippen LogP contribution in [0.3, 0.4) is 0 Å². The van der Waals surface area contributed by atoms with Gasteiger partial charge in [0, 0.05) is 15.5 Å². The van der Waals surface area contributed by atoms with Crippen molar-refractivity contribution in [1.29, 1.82) is 0 Å². The zero-order valence-corrected chi connectivity index (χ0v) is 8.32. The third-order valence-corrected chi connectivity index (χ3v) is 3.22. The van der Waals surface area contributed by atoms with Crippen LogP contribution in [0, 0.1) is 0 Å². The van der Waals surface area contributed by atoms with Crippen LogP contribution in [0.5, 0.6) is 0 Å². The van der Waals surface area contributed by atoms with Crippen LogP contribution in [0.15, 0.2) is 21.7 Å². The minimum Gasteiger partial charge on any atom is -0.481 e. The summed E-state index contributed by atoms with van der Waals surface area (Å²) in [5.74, 6) is -0.731. The molecule has 0 saturated heterocycles. The summed E-state index contributed by atoms with van der Waals surface area (Å²) < 4.78 is 0. The number of carbonyl (C=O) groups is 1. The van der Waals surface area contributed by atoms with E-state index < -0.39 is 5.97 Å². The van der Waals surface area contributed by atoms with E-state index in [1.807, 2.05) is 23.8 Å². The van der Waals surface area contributed by atoms with Crippen LogP contribution in [0.2, 0.25) is 0 Å². The lowest BCUT2D eigenvalue weighted by molar-refractivity contribution is -0.136. The first-order chi connectivity index (χ1) is 5.68. The molecule has 2 nitrogen and oxygen atoms in total. The average molecular weight is 202 g/mol. The number of carboxylic acid groups (broad SMARTS) is 1. The van der Waals surface area contributed by atoms with Crippen LogP contribution < -0.4 is 0 Å². The SMILES string of the molecule is C[C@H](CC(=O)O)Sc1ccsc1. The second kappa shape index (κ2) is 4.52. The molecule has 1 heterocycles. The highest BCUT2D eigenvalue weighted by molar-refractivity contribution is 8.00. The van der Waals surface area contributed by atoms with E-state index in [4.69, 9.17) is 5.11 Å². The summed E-state index contributed by atoms with van der Waals surface area (Å²) in [6, 6.07) is 2.01. The Kier molecular flexibility index (Phi) is 3.62. The zero-order chi connectivity index (χ0) is 8.97. The van der Waals surface area contributed by atoms with Crippen molar-refractivity contribution >= 4 is 29.1 Å². The number of thioether (sulfide) groups is 1. The van der Waals surface area contributed by atoms with Crippen LogP contribution >= 0.6 is 23.1 Å². The monoisotopic (exact) mass is 202 g/mol. The molecular weight excluding hydrogens is 192 g/mol. The van der Waals surface area contributed by atoms with E-state index in [1.165, 1.54) is 0 Å². The molecule has 0 saturated carbocycles. The lowest BCUT2D eigenvalue weighted by atomic mass is 10.3. The van der Waals surface area contributed by atoms with Gasteiger partial charge in [-0.2, -0.15) is 11.3 Å². The van der Waals surface area contributed by atoms with E-state index in [2.05, 4.69) is 0 Å². The molecule has 0 spiro atoms. The third kappa shape index (κ3) is 3.28. The Hall–Kier alpha value is -0.480. The Labute approximate surface area is 79.6 Å². The van der Waals surface area contributed by atoms with Gasteiger partial charge in [-0.1, -0.05) is 6.92 Å². The van der Waals surface area contributed by atoms with Crippen molar-refractivity contribution in [2.45, 2.75) is 23.5 Å². The van der Waals surface area contributed by atoms with E-state index in [-0.39, 0.29) is 11.7 Å². The Morgan fingerprint density at radius 2 is 2.58 bits per heavy atom. The maximum Gasteiger partial charge on any atom is 0.304 e. The molecule has 0 aromatic carbocycles. The Morgan fingerprint density at radius 1 is 1.83 bits per heavy atom. The molecule has 1 aromatic heterocycles. The molecule has 66 valence electrons. The molecule has 0 amide bonds. The van der Waals surface area contributed by atoms with E-state index >= 15 is 0 Å². The number of rotatable bonds is 4. The maximum absolute atomic E-state index is 10.3. The van der Waals surface area contributed by atoms with Gasteiger partial charge in [0.2, 0.25) is 0 Å². The largest absolute Gasteiger partial charge is 0.481 e. The van der Waals surface area contributed by atoms with E-state index in [0.717, 1.165) is 4.90 Å². The topological polar surface area (TPSA) is 37.3 Å². The highest BCUT2D eigenvalue weighted by Crippen LogP contribution is 2.26. The molecule has 1 N–H and O–H groups in total. The Morgan fingerprint density at radius 3 is 3.08 bits per heavy atom. The van der Waals surface area contributed by atoms with Crippen molar-refractivity contribution in [3.63, 3.8) is 0 Å². The predicted octanol–water partition coefficient (Wildman–Crippen LogP) is 2.70. The van der Waals surface area contributed by atoms with Gasteiger partial charge >= 0.3 is 5.97 Å². The van der Waals surface area contributed by atoms with Gasteiger partial charge in [0.1, 0.15) is 0 Å². The molecule has 0 aliphatic heterocycles. The fourth-order valence-corrected chi connectivity index (χ4v) is 2.67. The zero-order valence-electron chi connectivity index (χ0n) is 6.69. The maximum atomic E-state index is 10.3. The minimum atomic E-state index is -0.731. The number of aliphatic carboxylic acids is 1. The van der Waals surface area contributed by atoms with Gasteiger partial charge < -0.3 is 5.11 Å². The summed E-state index contributed by atoms with van der Waals surface area (Å²) in [6.07, 6.45) is 0.223. The van der Waals surface area contributed by atoms with E-state index in [0.29, 0.717) is 0 Å². The lowest BCUT2D eigenvalue weighted by Crippen LogP contribution is -2.04. The quantitative estimate of drug-likeness (QED) is 0.763. The summed E-state index contributed by atoms with van der Waals surface area (Å²) in [7, 11) is 0. The van der Waals surface area contributed by atoms with Gasteiger partial charge in [-0.05, 0) is 11.4 Å². The molecule has 0 fully saturated rings. The minimum absolute atomic E-state index is 0.150. The van der Waals surface area contributed by atoms with Gasteiger partial charge in [0.25, 0.3) is 0 Å². The first-order valence-electron chi connectivity index (χ1n) is 3.59. The second-order valence-electron chi connectivity index (χ2n) is 2.49. The van der Waals surface area contributed by atoms with Crippen LogP contribution in [-0.4, -0.2) is 16.3 Å². The lowest BCUT2D eigenvalue weighted by Gasteiger charge is -2.05. The first kappa shape index (κ1) is 9.61. The number of thiophene rings is 1. The summed E-state index contributed by atoms with van der Waals surface area (Å²) in [5.41, 5.74) is 0. The fraction of sp³-hybridized carbons (Fsp3) is 0.375. The van der Waals surface area contributed by atoms with Crippen molar-refractivity contribution in [2.24, 2.45) is 0 Å². The summed E-state index contributed by atoms with van der Waals surface area (Å²) in [4.78, 5) is 11.5. The van der Waals surface area contributed by atoms with E-state index in [1.54, 1.807) is 23.1 Å². The molecule has 12 heavy (non-hydrogen) atoms. The Balaban J connectivity index is 2.36. The summed E-state index contributed by atoms with van der Waals surface area (Å²) in [6.45, 7) is 1.93. The van der Waals surface area contributed by atoms with Crippen LogP contribution in [-0.2, 0) is 4.79 Å². The number of hydrogen-bond acceptors (Lipinski definition) is 3. The molecule has 4 heteroatoms. The number of hydrogen-bond donors (Lipinski definition) is 1. The van der Waals surface area contributed by atoms with Gasteiger partial charge in [-0.15, -0.1) is 11.8 Å². The molecule has 1 atom stereocenters. The fourth-order valence-electron chi connectivity index (χ4n) is 0.839. The van der Waals surface area contributed by atoms with Crippen molar-refractivity contribution < 1.29 is 9.90 Å². The molecule has 0 radical (unpaired) electrons. The van der Waals surface area contributed by atoms with Crippen molar-refractivity contribution in [2.75, 3.05) is 0 Å². The van der Waals surface area contributed by atoms with Crippen molar-refractivity contribution in [3.05, 3.63) is 16.8 Å². The first-order valence-corrected chi connectivity index (χ1v) is 5.41. The summed E-state index contributed by atoms with van der Waals surface area (Å²) >= 11 is 3.24. The van der Waals surface area contributed by atoms with Gasteiger partial charge in [-0.25, -0.2) is 0 Å². The molecule has 1 rings (SSSR count). The van der Waals surface area contributed by atoms with Gasteiger partial charge in [0.05, 0.1) is 6.42 Å². The molecular formula is C8H10O2S2. The van der Waals surface area contributed by atoms with Gasteiger partial charge in [0.15, 0.2) is 0 Å². The Bertz CT molecular complexity index is 244. The van der Waals surface area contributed by atoms with Crippen LogP contribution in [0.4, 0.5) is 0 Å². The number of carboxylic acids is 1. The van der Waals surface area contributed by atoms with Crippen LogP contribution in [0.25, 0.3) is 0 Å². The normalized spacial score (nSPS) is 12.8. The average Bonchev–Trinajstić information content (AvgIpc) is 2.37. The highest BCUT2D eigenvalue weighted by atomic mass is 32.2. The van der Waals surface area contributed by atoms with Crippen LogP contribution in [0.1, 0.15) is 13.3 Å². The molecule has 0 aliphatic carbocycles. The van der Waals surface area contributed by atoms with Gasteiger partial charge in [-0.3, -0.25) is 4.79 Å². The highest BCUT2D eigenvalue weighted by Gasteiger charge is 2.08. The third-order valence-electron chi connectivity index (χ3n) is 1.29. The second-order valence-corrected chi connectivity index (χ2v) is 4.78. The van der Waals surface area contributed by atoms with Crippen molar-refractivity contribution in [3.8, 4) is 0 Å². The molecule has 0 bridgehead atoms. The summed E-state index contributed by atoms with van der Waals surface area (Å²) in [5, 5.41) is 12.7. The standard InChI is InChI=1S/C8H10O2S2/c1-6(4-8(9)10)12-7-2-3-11-5-7/h2-3,5-6H,4H2,1H3,(H,9,10)/t6-/m1/s1. The van der Waals surface area contributed by atoms with E-state index in [9.17, 15) is 4.79 Å². The van der Waals surface area contributed by atoms with Crippen molar-refractivity contribution in [1.82, 2.24) is 0 Å². The molecule has 0 unspecified atom stereocenters. The molecule has 1 aromatic rings. The smallest absolute Gasteiger partial charge is 0.304 e. The predicted molar refractivity (Wildman–Crippen MR) is 51.9 cm³/mol. The molecule has 0 aliphatic rings.